The molecule has 0 bridgehead atoms. The van der Waals surface area contributed by atoms with Gasteiger partial charge in [-0.25, -0.2) is 0 Å². The molecule has 31 heavy (non-hydrogen) atoms. The summed E-state index contributed by atoms with van der Waals surface area (Å²) in [6.07, 6.45) is 2.22. The number of nitrogens with zero attached hydrogens (tertiary/aromatic N) is 3. The molecule has 0 unspecified atom stereocenters. The first-order valence-electron chi connectivity index (χ1n) is 11.1. The number of aromatic nitrogens is 1. The highest BCUT2D eigenvalue weighted by molar-refractivity contribution is 6.86. The second kappa shape index (κ2) is 6.01. The van der Waals surface area contributed by atoms with E-state index in [4.69, 9.17) is 0 Å². The Bertz CT molecular complexity index is 1360. The van der Waals surface area contributed by atoms with Crippen molar-refractivity contribution < 1.29 is 4.57 Å². The van der Waals surface area contributed by atoms with Crippen molar-refractivity contribution in [2.45, 2.75) is 26.3 Å². The highest BCUT2D eigenvalue weighted by atomic mass is 15.3. The summed E-state index contributed by atoms with van der Waals surface area (Å²) in [4.78, 5) is 5.06. The van der Waals surface area contributed by atoms with E-state index in [0.717, 1.165) is 6.54 Å². The molecule has 0 fully saturated rings. The molecule has 1 aromatic heterocycles. The van der Waals surface area contributed by atoms with E-state index in [0.29, 0.717) is 5.92 Å². The first-order valence-corrected chi connectivity index (χ1v) is 11.1. The summed E-state index contributed by atoms with van der Waals surface area (Å²) < 4.78 is 2.42. The van der Waals surface area contributed by atoms with Crippen LogP contribution in [0.3, 0.4) is 0 Å². The molecular weight excluding hydrogens is 377 g/mol. The van der Waals surface area contributed by atoms with Gasteiger partial charge < -0.3 is 9.62 Å². The van der Waals surface area contributed by atoms with Gasteiger partial charge >= 0.3 is 6.98 Å². The lowest BCUT2D eigenvalue weighted by atomic mass is 9.60. The Morgan fingerprint density at radius 2 is 1.52 bits per heavy atom. The van der Waals surface area contributed by atoms with Crippen LogP contribution in [0.5, 0.6) is 0 Å². The van der Waals surface area contributed by atoms with E-state index in [1.807, 2.05) is 0 Å². The monoisotopic (exact) mass is 400 g/mol. The van der Waals surface area contributed by atoms with Gasteiger partial charge in [0.15, 0.2) is 12.7 Å². The summed E-state index contributed by atoms with van der Waals surface area (Å²) in [6, 6.07) is 29.3. The molecule has 3 nitrogen and oxygen atoms in total. The topological polar surface area (TPSA) is 10.4 Å². The zero-order valence-electron chi connectivity index (χ0n) is 17.8. The van der Waals surface area contributed by atoms with Crippen LogP contribution in [0.1, 0.15) is 30.9 Å². The van der Waals surface area contributed by atoms with E-state index in [1.54, 1.807) is 0 Å². The number of pyridine rings is 1. The van der Waals surface area contributed by atoms with Crippen LogP contribution < -0.4 is 19.7 Å². The third-order valence-electron chi connectivity index (χ3n) is 7.07. The van der Waals surface area contributed by atoms with E-state index in [9.17, 15) is 0 Å². The summed E-state index contributed by atoms with van der Waals surface area (Å²) >= 11 is 0. The summed E-state index contributed by atoms with van der Waals surface area (Å²) in [6.45, 7) is 5.58. The molecule has 4 heterocycles. The molecule has 4 aromatic rings. The lowest BCUT2D eigenvalue weighted by molar-refractivity contribution is -0.671. The minimum absolute atomic E-state index is 0.116. The molecule has 0 saturated heterocycles. The van der Waals surface area contributed by atoms with Gasteiger partial charge in [-0.15, -0.1) is 0 Å². The summed E-state index contributed by atoms with van der Waals surface area (Å²) in [5, 5.41) is 0. The molecule has 0 aliphatic carbocycles. The molecule has 0 N–H and O–H groups in total. The largest absolute Gasteiger partial charge is 0.427 e. The molecule has 3 aliphatic rings. The average molecular weight is 400 g/mol. The number of rotatable bonds is 2. The molecule has 0 radical (unpaired) electrons. The summed E-state index contributed by atoms with van der Waals surface area (Å²) in [5.41, 5.74) is 12.1. The first-order chi connectivity index (χ1) is 15.2. The summed E-state index contributed by atoms with van der Waals surface area (Å²) in [5.74, 6) is 0.533. The third kappa shape index (κ3) is 2.17. The number of hydrogen-bond donors (Lipinski definition) is 0. The van der Waals surface area contributed by atoms with Gasteiger partial charge in [0.2, 0.25) is 5.69 Å². The highest BCUT2D eigenvalue weighted by Crippen LogP contribution is 2.51. The number of anilines is 4. The minimum atomic E-state index is 0.116. The molecule has 3 aromatic carbocycles. The van der Waals surface area contributed by atoms with Gasteiger partial charge in [-0.2, -0.15) is 4.57 Å². The normalized spacial score (nSPS) is 14.7. The van der Waals surface area contributed by atoms with E-state index >= 15 is 0 Å². The van der Waals surface area contributed by atoms with Crippen molar-refractivity contribution in [2.24, 2.45) is 0 Å². The van der Waals surface area contributed by atoms with E-state index < -0.39 is 0 Å². The lowest BCUT2D eigenvalue weighted by Crippen LogP contribution is -2.58. The van der Waals surface area contributed by atoms with Crippen LogP contribution in [0.2, 0.25) is 0 Å². The van der Waals surface area contributed by atoms with Crippen LogP contribution in [0.4, 0.5) is 22.7 Å². The third-order valence-corrected chi connectivity index (χ3v) is 7.07. The van der Waals surface area contributed by atoms with Crippen molar-refractivity contribution in [2.75, 3.05) is 9.62 Å². The maximum atomic E-state index is 2.54. The molecule has 0 saturated carbocycles. The van der Waals surface area contributed by atoms with Crippen molar-refractivity contribution in [3.63, 3.8) is 0 Å². The van der Waals surface area contributed by atoms with Gasteiger partial charge in [0.1, 0.15) is 0 Å². The van der Waals surface area contributed by atoms with E-state index in [2.05, 4.69) is 113 Å². The Morgan fingerprint density at radius 1 is 0.774 bits per heavy atom. The molecule has 0 amide bonds. The second-order valence-corrected chi connectivity index (χ2v) is 9.10. The molecule has 3 aliphatic heterocycles. The number of hydrogen-bond acceptors (Lipinski definition) is 2. The standard InChI is InChI=1S/C27H23BN3/c1-18(2)19-12-14-21(15-13-19)30-23-9-3-4-10-24(23)31-25-11-5-7-20-17-29-16-6-8-22(28(30)31)27(29)26(20)25/h3-16,18H,17H2,1-2H3/q+1. The van der Waals surface area contributed by atoms with Gasteiger partial charge in [0.05, 0.1) is 16.9 Å². The Hall–Kier alpha value is -3.53. The predicted molar refractivity (Wildman–Crippen MR) is 128 cm³/mol. The zero-order chi connectivity index (χ0) is 20.7. The Balaban J connectivity index is 1.51. The molecular formula is C27H23BN3+. The van der Waals surface area contributed by atoms with Crippen molar-refractivity contribution in [3.05, 3.63) is 96.2 Å². The van der Waals surface area contributed by atoms with E-state index in [1.165, 1.54) is 50.6 Å². The average Bonchev–Trinajstić information content (AvgIpc) is 3.35. The number of para-hydroxylation sites is 2. The fourth-order valence-corrected chi connectivity index (χ4v) is 5.66. The minimum Gasteiger partial charge on any atom is -0.360 e. The van der Waals surface area contributed by atoms with Crippen LogP contribution in [-0.4, -0.2) is 6.98 Å². The van der Waals surface area contributed by atoms with Crippen LogP contribution in [0.15, 0.2) is 85.1 Å². The summed E-state index contributed by atoms with van der Waals surface area (Å²) in [7, 11) is 0. The van der Waals surface area contributed by atoms with E-state index in [-0.39, 0.29) is 6.98 Å². The SMILES string of the molecule is CC(C)c1ccc(N2B3c4ccc[n+]5c4-c4c(cccc4N3c3ccccc32)C5)cc1. The van der Waals surface area contributed by atoms with Crippen LogP contribution in [0, 0.1) is 0 Å². The van der Waals surface area contributed by atoms with Crippen molar-refractivity contribution >= 4 is 35.2 Å². The predicted octanol–water partition coefficient (Wildman–Crippen LogP) is 5.12. The molecule has 148 valence electrons. The highest BCUT2D eigenvalue weighted by Gasteiger charge is 2.52. The molecule has 0 atom stereocenters. The van der Waals surface area contributed by atoms with Gasteiger partial charge in [-0.05, 0) is 41.8 Å². The van der Waals surface area contributed by atoms with Crippen LogP contribution in [0.25, 0.3) is 11.3 Å². The molecule has 7 rings (SSSR count). The number of benzene rings is 3. The fraction of sp³-hybridized carbons (Fsp3) is 0.148. The van der Waals surface area contributed by atoms with Crippen LogP contribution in [-0.2, 0) is 6.54 Å². The Morgan fingerprint density at radius 3 is 2.29 bits per heavy atom. The van der Waals surface area contributed by atoms with Crippen LogP contribution >= 0.6 is 0 Å². The van der Waals surface area contributed by atoms with Gasteiger partial charge in [-0.3, -0.25) is 0 Å². The van der Waals surface area contributed by atoms with Crippen molar-refractivity contribution in [1.29, 1.82) is 0 Å². The van der Waals surface area contributed by atoms with Gasteiger partial charge in [-0.1, -0.05) is 56.3 Å². The van der Waals surface area contributed by atoms with Crippen molar-refractivity contribution in [3.8, 4) is 11.3 Å². The van der Waals surface area contributed by atoms with Gasteiger partial charge in [0, 0.05) is 28.5 Å². The Kier molecular flexibility index (Phi) is 3.33. The maximum absolute atomic E-state index is 2.54. The number of fused-ring (bicyclic) bond motifs is 5. The zero-order valence-corrected chi connectivity index (χ0v) is 17.8. The Labute approximate surface area is 183 Å². The smallest absolute Gasteiger partial charge is 0.360 e. The van der Waals surface area contributed by atoms with Gasteiger partial charge in [0.25, 0.3) is 0 Å². The fourth-order valence-electron chi connectivity index (χ4n) is 5.66. The molecule has 4 heteroatoms. The maximum Gasteiger partial charge on any atom is 0.427 e. The molecule has 0 spiro atoms. The van der Waals surface area contributed by atoms with Crippen molar-refractivity contribution in [1.82, 2.24) is 0 Å². The second-order valence-electron chi connectivity index (χ2n) is 9.10. The first kappa shape index (κ1) is 17.2. The quantitative estimate of drug-likeness (QED) is 0.301. The lowest BCUT2D eigenvalue weighted by Gasteiger charge is -2.34.